The third-order valence-electron chi connectivity index (χ3n) is 4.22. The maximum absolute atomic E-state index is 13.5. The van der Waals surface area contributed by atoms with Crippen LogP contribution in [0.1, 0.15) is 31.1 Å². The SMILES string of the molecule is CCN(C(=O)c1ccc(S(=O)(=O)N(CC)CC)cc1)c1ccc(F)c(F)c1. The average Bonchev–Trinajstić information content (AvgIpc) is 2.66. The van der Waals surface area contributed by atoms with Crippen molar-refractivity contribution in [3.63, 3.8) is 0 Å². The predicted molar refractivity (Wildman–Crippen MR) is 100 cm³/mol. The van der Waals surface area contributed by atoms with Gasteiger partial charge in [-0.2, -0.15) is 4.31 Å². The van der Waals surface area contributed by atoms with Crippen molar-refractivity contribution in [3.05, 3.63) is 59.7 Å². The Balaban J connectivity index is 2.32. The summed E-state index contributed by atoms with van der Waals surface area (Å²) in [7, 11) is -3.61. The molecule has 146 valence electrons. The van der Waals surface area contributed by atoms with Gasteiger partial charge in [0.2, 0.25) is 10.0 Å². The monoisotopic (exact) mass is 396 g/mol. The molecule has 2 rings (SSSR count). The minimum atomic E-state index is -3.61. The normalized spacial score (nSPS) is 11.6. The molecule has 0 aliphatic carbocycles. The van der Waals surface area contributed by atoms with Crippen LogP contribution in [0.4, 0.5) is 14.5 Å². The summed E-state index contributed by atoms with van der Waals surface area (Å²) in [6, 6.07) is 8.82. The van der Waals surface area contributed by atoms with Crippen LogP contribution >= 0.6 is 0 Å². The van der Waals surface area contributed by atoms with Crippen LogP contribution in [0.2, 0.25) is 0 Å². The smallest absolute Gasteiger partial charge is 0.258 e. The van der Waals surface area contributed by atoms with E-state index in [1.807, 2.05) is 0 Å². The quantitative estimate of drug-likeness (QED) is 0.718. The lowest BCUT2D eigenvalue weighted by atomic mass is 10.1. The molecule has 0 unspecified atom stereocenters. The summed E-state index contributed by atoms with van der Waals surface area (Å²) in [6.45, 7) is 6.14. The van der Waals surface area contributed by atoms with Crippen molar-refractivity contribution in [3.8, 4) is 0 Å². The Morgan fingerprint density at radius 2 is 1.48 bits per heavy atom. The number of nitrogens with zero attached hydrogens (tertiary/aromatic N) is 2. The van der Waals surface area contributed by atoms with E-state index in [1.54, 1.807) is 20.8 Å². The van der Waals surface area contributed by atoms with Crippen LogP contribution in [0.5, 0.6) is 0 Å². The van der Waals surface area contributed by atoms with Gasteiger partial charge in [0, 0.05) is 37.0 Å². The van der Waals surface area contributed by atoms with Gasteiger partial charge in [-0.15, -0.1) is 0 Å². The van der Waals surface area contributed by atoms with Gasteiger partial charge in [0.15, 0.2) is 11.6 Å². The molecule has 0 bridgehead atoms. The Hall–Kier alpha value is -2.32. The van der Waals surface area contributed by atoms with E-state index in [-0.39, 0.29) is 22.7 Å². The van der Waals surface area contributed by atoms with Crippen LogP contribution in [-0.2, 0) is 10.0 Å². The standard InChI is InChI=1S/C19H22F2N2O3S/c1-4-22(5-2)27(25,26)16-10-7-14(8-11-16)19(24)23(6-3)15-9-12-17(20)18(21)13-15/h7-13H,4-6H2,1-3H3. The molecule has 0 aromatic heterocycles. The minimum absolute atomic E-state index is 0.0959. The van der Waals surface area contributed by atoms with Crippen molar-refractivity contribution in [2.24, 2.45) is 0 Å². The molecule has 2 aromatic carbocycles. The van der Waals surface area contributed by atoms with Crippen LogP contribution in [0.25, 0.3) is 0 Å². The number of anilines is 1. The highest BCUT2D eigenvalue weighted by Gasteiger charge is 2.23. The van der Waals surface area contributed by atoms with Gasteiger partial charge in [-0.05, 0) is 43.3 Å². The van der Waals surface area contributed by atoms with E-state index in [9.17, 15) is 22.0 Å². The van der Waals surface area contributed by atoms with E-state index in [4.69, 9.17) is 0 Å². The van der Waals surface area contributed by atoms with Gasteiger partial charge in [-0.1, -0.05) is 13.8 Å². The minimum Gasteiger partial charge on any atom is -0.309 e. The Morgan fingerprint density at radius 1 is 0.889 bits per heavy atom. The van der Waals surface area contributed by atoms with E-state index >= 15 is 0 Å². The van der Waals surface area contributed by atoms with Crippen LogP contribution in [-0.4, -0.2) is 38.3 Å². The number of carbonyl (C=O) groups is 1. The number of halogens is 2. The average molecular weight is 396 g/mol. The van der Waals surface area contributed by atoms with Gasteiger partial charge in [0.1, 0.15) is 0 Å². The van der Waals surface area contributed by atoms with Crippen molar-refractivity contribution >= 4 is 21.6 Å². The fourth-order valence-electron chi connectivity index (χ4n) is 2.73. The van der Waals surface area contributed by atoms with Crippen molar-refractivity contribution in [2.75, 3.05) is 24.5 Å². The van der Waals surface area contributed by atoms with Crippen LogP contribution in [0.3, 0.4) is 0 Å². The number of sulfonamides is 1. The molecule has 0 spiro atoms. The Bertz CT molecular complexity index is 911. The molecule has 1 amide bonds. The fourth-order valence-corrected chi connectivity index (χ4v) is 4.19. The summed E-state index contributed by atoms with van der Waals surface area (Å²) in [5.74, 6) is -2.47. The molecule has 2 aromatic rings. The molecule has 5 nitrogen and oxygen atoms in total. The third kappa shape index (κ3) is 4.33. The molecule has 27 heavy (non-hydrogen) atoms. The Kier molecular flexibility index (Phi) is 6.67. The first-order chi connectivity index (χ1) is 12.8. The second kappa shape index (κ2) is 8.58. The number of hydrogen-bond donors (Lipinski definition) is 0. The topological polar surface area (TPSA) is 57.7 Å². The molecule has 0 aliphatic heterocycles. The molecular formula is C19H22F2N2O3S. The summed E-state index contributed by atoms with van der Waals surface area (Å²) in [5.41, 5.74) is 0.473. The highest BCUT2D eigenvalue weighted by Crippen LogP contribution is 2.22. The zero-order chi connectivity index (χ0) is 20.2. The van der Waals surface area contributed by atoms with Crippen molar-refractivity contribution in [2.45, 2.75) is 25.7 Å². The van der Waals surface area contributed by atoms with Gasteiger partial charge >= 0.3 is 0 Å². The van der Waals surface area contributed by atoms with Crippen LogP contribution < -0.4 is 4.90 Å². The second-order valence-electron chi connectivity index (χ2n) is 5.76. The molecule has 0 aliphatic rings. The lowest BCUT2D eigenvalue weighted by molar-refractivity contribution is 0.0988. The summed E-state index contributed by atoms with van der Waals surface area (Å²) in [5, 5.41) is 0. The lowest BCUT2D eigenvalue weighted by Crippen LogP contribution is -2.31. The summed E-state index contributed by atoms with van der Waals surface area (Å²) >= 11 is 0. The zero-order valence-corrected chi connectivity index (χ0v) is 16.3. The first-order valence-corrected chi connectivity index (χ1v) is 10.1. The van der Waals surface area contributed by atoms with Gasteiger partial charge in [-0.25, -0.2) is 17.2 Å². The van der Waals surface area contributed by atoms with E-state index < -0.39 is 27.6 Å². The van der Waals surface area contributed by atoms with E-state index in [0.717, 1.165) is 12.1 Å². The molecule has 0 heterocycles. The van der Waals surface area contributed by atoms with Gasteiger partial charge < -0.3 is 4.90 Å². The fraction of sp³-hybridized carbons (Fsp3) is 0.316. The Labute approximate surface area is 158 Å². The highest BCUT2D eigenvalue weighted by atomic mass is 32.2. The van der Waals surface area contributed by atoms with Crippen LogP contribution in [0, 0.1) is 11.6 Å². The molecule has 0 saturated heterocycles. The number of hydrogen-bond acceptors (Lipinski definition) is 3. The summed E-state index contributed by atoms with van der Waals surface area (Å²) in [4.78, 5) is 14.1. The molecule has 0 saturated carbocycles. The number of benzene rings is 2. The molecule has 0 atom stereocenters. The second-order valence-corrected chi connectivity index (χ2v) is 7.70. The lowest BCUT2D eigenvalue weighted by Gasteiger charge is -2.22. The molecular weight excluding hydrogens is 374 g/mol. The molecule has 8 heteroatoms. The molecule has 0 N–H and O–H groups in total. The number of carbonyl (C=O) groups excluding carboxylic acids is 1. The third-order valence-corrected chi connectivity index (χ3v) is 6.28. The largest absolute Gasteiger partial charge is 0.309 e. The first-order valence-electron chi connectivity index (χ1n) is 8.63. The number of amides is 1. The summed E-state index contributed by atoms with van der Waals surface area (Å²) < 4.78 is 53.0. The van der Waals surface area contributed by atoms with Crippen molar-refractivity contribution in [1.29, 1.82) is 0 Å². The van der Waals surface area contributed by atoms with Gasteiger partial charge in [0.25, 0.3) is 5.91 Å². The molecule has 0 fully saturated rings. The van der Waals surface area contributed by atoms with E-state index in [0.29, 0.717) is 13.1 Å². The van der Waals surface area contributed by atoms with E-state index in [1.165, 1.54) is 39.5 Å². The van der Waals surface area contributed by atoms with Crippen molar-refractivity contribution < 1.29 is 22.0 Å². The summed E-state index contributed by atoms with van der Waals surface area (Å²) in [6.07, 6.45) is 0. The predicted octanol–water partition coefficient (Wildman–Crippen LogP) is 3.66. The van der Waals surface area contributed by atoms with Crippen LogP contribution in [0.15, 0.2) is 47.4 Å². The maximum atomic E-state index is 13.5. The molecule has 0 radical (unpaired) electrons. The van der Waals surface area contributed by atoms with Gasteiger partial charge in [0.05, 0.1) is 4.90 Å². The van der Waals surface area contributed by atoms with Crippen molar-refractivity contribution in [1.82, 2.24) is 4.31 Å². The first kappa shape index (κ1) is 21.0. The zero-order valence-electron chi connectivity index (χ0n) is 15.4. The highest BCUT2D eigenvalue weighted by molar-refractivity contribution is 7.89. The maximum Gasteiger partial charge on any atom is 0.258 e. The number of rotatable bonds is 7. The van der Waals surface area contributed by atoms with E-state index in [2.05, 4.69) is 0 Å². The van der Waals surface area contributed by atoms with Gasteiger partial charge in [-0.3, -0.25) is 4.79 Å². The Morgan fingerprint density at radius 3 is 1.96 bits per heavy atom.